The van der Waals surface area contributed by atoms with Gasteiger partial charge in [-0.3, -0.25) is 0 Å². The van der Waals surface area contributed by atoms with Gasteiger partial charge in [-0.1, -0.05) is 175 Å². The number of benzene rings is 10. The smallest absolute Gasteiger partial charge is 0.135 e. The summed E-state index contributed by atoms with van der Waals surface area (Å²) < 4.78 is 33.0. The largest absolute Gasteiger partial charge is 0.509 e. The van der Waals surface area contributed by atoms with E-state index in [9.17, 15) is 0 Å². The van der Waals surface area contributed by atoms with Crippen LogP contribution in [0.4, 0.5) is 22.7 Å². The van der Waals surface area contributed by atoms with Crippen LogP contribution in [0.3, 0.4) is 0 Å². The van der Waals surface area contributed by atoms with Crippen molar-refractivity contribution in [1.82, 2.24) is 9.55 Å². The minimum absolute atomic E-state index is 0. The van der Waals surface area contributed by atoms with Gasteiger partial charge in [0, 0.05) is 76.6 Å². The third-order valence-electron chi connectivity index (χ3n) is 14.5. The maximum Gasteiger partial charge on any atom is 0.135 e. The minimum atomic E-state index is -2.29. The molecule has 0 radical (unpaired) electrons. The topological polar surface area (TPSA) is 33.5 Å². The second-order valence-electron chi connectivity index (χ2n) is 18.5. The second-order valence-corrected chi connectivity index (χ2v) is 18.5. The molecule has 356 valence electrons. The van der Waals surface area contributed by atoms with Gasteiger partial charge in [0.1, 0.15) is 5.82 Å². The van der Waals surface area contributed by atoms with E-state index in [0.717, 1.165) is 61.3 Å². The fourth-order valence-electron chi connectivity index (χ4n) is 11.4. The van der Waals surface area contributed by atoms with Crippen LogP contribution in [-0.2, 0) is 26.5 Å². The van der Waals surface area contributed by atoms with Crippen molar-refractivity contribution in [3.8, 4) is 50.7 Å². The van der Waals surface area contributed by atoms with Gasteiger partial charge in [0.15, 0.2) is 0 Å². The molecule has 0 atom stereocenters. The van der Waals surface area contributed by atoms with E-state index >= 15 is 0 Å². The fourth-order valence-corrected chi connectivity index (χ4v) is 11.4. The SMILES string of the molecule is [2H]C([2H])([2H])c1ccnc(-n2c3[c-]c(Oc4[c-]c(N5[CH-]N(c6c(-c7ccccc7)cc(C7(c8ccccc8)c8ccccc8-c8ccccc87)cc6-c6ccccc6)c6ccccc65)ccc4)ccc3c3ccccc32)c1.[Pt]. The Morgan fingerprint density at radius 2 is 1.09 bits per heavy atom. The molecule has 12 aromatic rings. The van der Waals surface area contributed by atoms with Gasteiger partial charge in [-0.05, 0) is 105 Å². The molecule has 5 nitrogen and oxygen atoms in total. The summed E-state index contributed by atoms with van der Waals surface area (Å²) in [5.74, 6) is 1.47. The summed E-state index contributed by atoms with van der Waals surface area (Å²) in [6.45, 7) is -0.112. The summed E-state index contributed by atoms with van der Waals surface area (Å²) in [4.78, 5) is 9.17. The molecule has 0 fully saturated rings. The summed E-state index contributed by atoms with van der Waals surface area (Å²) in [7, 11) is 0. The zero-order valence-electron chi connectivity index (χ0n) is 42.8. The molecule has 0 saturated heterocycles. The van der Waals surface area contributed by atoms with Gasteiger partial charge in [-0.2, -0.15) is 12.1 Å². The van der Waals surface area contributed by atoms with Crippen LogP contribution in [0, 0.1) is 25.7 Å². The number of hydrogen-bond donors (Lipinski definition) is 0. The Hall–Kier alpha value is -8.76. The van der Waals surface area contributed by atoms with E-state index in [0.29, 0.717) is 22.8 Å². The zero-order valence-corrected chi connectivity index (χ0v) is 42.0. The Kier molecular flexibility index (Phi) is 10.4. The predicted molar refractivity (Wildman–Crippen MR) is 297 cm³/mol. The van der Waals surface area contributed by atoms with Crippen molar-refractivity contribution >= 4 is 44.6 Å². The van der Waals surface area contributed by atoms with Crippen LogP contribution in [0.5, 0.6) is 11.5 Å². The van der Waals surface area contributed by atoms with E-state index < -0.39 is 12.3 Å². The maximum absolute atomic E-state index is 8.11. The van der Waals surface area contributed by atoms with Crippen LogP contribution in [0.25, 0.3) is 61.0 Å². The van der Waals surface area contributed by atoms with Crippen molar-refractivity contribution in [2.45, 2.75) is 12.3 Å². The molecule has 1 aliphatic carbocycles. The van der Waals surface area contributed by atoms with E-state index in [-0.39, 0.29) is 26.6 Å². The molecule has 10 aromatic carbocycles. The summed E-state index contributed by atoms with van der Waals surface area (Å²) >= 11 is 0. The molecule has 2 aromatic heterocycles. The molecule has 0 N–H and O–H groups in total. The van der Waals surface area contributed by atoms with E-state index in [2.05, 4.69) is 222 Å². The van der Waals surface area contributed by atoms with Crippen LogP contribution in [0.15, 0.2) is 249 Å². The van der Waals surface area contributed by atoms with Gasteiger partial charge in [0.2, 0.25) is 0 Å². The van der Waals surface area contributed by atoms with Gasteiger partial charge < -0.3 is 19.1 Å². The first-order chi connectivity index (χ1) is 37.3. The van der Waals surface area contributed by atoms with E-state index in [1.54, 1.807) is 12.3 Å². The van der Waals surface area contributed by atoms with E-state index in [1.807, 2.05) is 47.0 Å². The van der Waals surface area contributed by atoms with Crippen LogP contribution < -0.4 is 14.5 Å². The first kappa shape index (κ1) is 41.8. The quantitative estimate of drug-likeness (QED) is 0.135. The molecule has 2 aliphatic rings. The van der Waals surface area contributed by atoms with Crippen molar-refractivity contribution in [3.05, 3.63) is 295 Å². The predicted octanol–water partition coefficient (Wildman–Crippen LogP) is 17.0. The van der Waals surface area contributed by atoms with Crippen molar-refractivity contribution in [2.75, 3.05) is 9.80 Å². The van der Waals surface area contributed by atoms with Gasteiger partial charge in [0.25, 0.3) is 0 Å². The van der Waals surface area contributed by atoms with Crippen molar-refractivity contribution in [1.29, 1.82) is 0 Å². The Balaban J connectivity index is 0.00000566. The van der Waals surface area contributed by atoms with Crippen LogP contribution >= 0.6 is 0 Å². The molecule has 0 saturated carbocycles. The molecular formula is C68H45N4OPt-3. The van der Waals surface area contributed by atoms with Gasteiger partial charge >= 0.3 is 0 Å². The zero-order chi connectivity index (χ0) is 51.0. The fraction of sp³-hybridized carbons (Fsp3) is 0.0294. The third-order valence-corrected chi connectivity index (χ3v) is 14.5. The molecule has 1 aliphatic heterocycles. The molecule has 0 unspecified atom stereocenters. The minimum Gasteiger partial charge on any atom is -0.509 e. The number of para-hydroxylation sites is 3. The Morgan fingerprint density at radius 1 is 0.500 bits per heavy atom. The first-order valence-corrected chi connectivity index (χ1v) is 24.5. The molecular weight excluding hydrogens is 1080 g/mol. The summed E-state index contributed by atoms with van der Waals surface area (Å²) in [6.07, 6.45) is 1.54. The molecule has 0 amide bonds. The van der Waals surface area contributed by atoms with Gasteiger partial charge in [0.05, 0.1) is 5.41 Å². The van der Waals surface area contributed by atoms with E-state index in [1.165, 1.54) is 39.4 Å². The number of ether oxygens (including phenoxy) is 1. The number of pyridine rings is 1. The number of rotatable bonds is 9. The molecule has 0 bridgehead atoms. The Labute approximate surface area is 449 Å². The molecule has 74 heavy (non-hydrogen) atoms. The monoisotopic (exact) mass is 1130 g/mol. The summed E-state index contributed by atoms with van der Waals surface area (Å²) in [5.41, 5.74) is 16.8. The van der Waals surface area contributed by atoms with Gasteiger partial charge in [-0.25, -0.2) is 4.98 Å². The number of nitrogens with zero attached hydrogens (tertiary/aromatic N) is 4. The van der Waals surface area contributed by atoms with Crippen molar-refractivity contribution < 1.29 is 29.9 Å². The van der Waals surface area contributed by atoms with Crippen molar-refractivity contribution in [3.63, 3.8) is 0 Å². The molecule has 6 heteroatoms. The second kappa shape index (κ2) is 18.4. The summed E-state index contributed by atoms with van der Waals surface area (Å²) in [6, 6.07) is 91.9. The Morgan fingerprint density at radius 3 is 1.78 bits per heavy atom. The van der Waals surface area contributed by atoms with E-state index in [4.69, 9.17) is 8.85 Å². The summed E-state index contributed by atoms with van der Waals surface area (Å²) in [5, 5.41) is 1.93. The number of aromatic nitrogens is 2. The standard InChI is InChI=1S/C68H45N4O.Pt/c1-46-38-39-69-66(40-46)72-62-33-16-13-30-56(62)57-37-36-53(44-65(57)72)73-52-27-19-26-51(43-52)70-45-71(64-35-18-17-34-63(64)70)67-58(47-20-5-2-6-21-47)41-50(42-59(67)48-22-7-3-8-23-48)68(49-24-9-4-10-25-49)60-31-14-11-28-54(60)55-29-12-15-32-61(55)68;/h2-42,45H,1H3;/q-3;/i1D3;. The molecule has 0 spiro atoms. The maximum atomic E-state index is 8.11. The number of fused-ring (bicyclic) bond motifs is 7. The number of aryl methyl sites for hydroxylation is 1. The van der Waals surface area contributed by atoms with Crippen molar-refractivity contribution in [2.24, 2.45) is 0 Å². The Bertz CT molecular complexity index is 4090. The number of hydrogen-bond acceptors (Lipinski definition) is 4. The average Bonchev–Trinajstić information content (AvgIpc) is 4.19. The average molecular weight is 1130 g/mol. The van der Waals surface area contributed by atoms with Crippen LogP contribution in [0.2, 0.25) is 0 Å². The molecule has 14 rings (SSSR count). The van der Waals surface area contributed by atoms with Gasteiger partial charge in [-0.15, -0.1) is 48.1 Å². The number of anilines is 4. The molecule has 3 heterocycles. The van der Waals surface area contributed by atoms with Crippen LogP contribution in [-0.4, -0.2) is 9.55 Å². The third kappa shape index (κ3) is 7.22. The van der Waals surface area contributed by atoms with Crippen LogP contribution in [0.1, 0.15) is 31.9 Å². The normalized spacial score (nSPS) is 13.9. The first-order valence-electron chi connectivity index (χ1n) is 26.0.